The van der Waals surface area contributed by atoms with Crippen molar-refractivity contribution in [3.8, 4) is 180 Å². The minimum absolute atomic E-state index is 0.851. The molecule has 0 saturated carbocycles. The van der Waals surface area contributed by atoms with E-state index < -0.39 is 0 Å². The van der Waals surface area contributed by atoms with Crippen molar-refractivity contribution >= 4 is 37.7 Å². The van der Waals surface area contributed by atoms with Gasteiger partial charge in [-0.05, 0) is 114 Å². The third kappa shape index (κ3) is 24.2. The van der Waals surface area contributed by atoms with Crippen LogP contribution in [0.1, 0.15) is 34.2 Å². The molecule has 0 N–H and O–H groups in total. The smallest absolute Gasteiger partial charge is 0.0999 e. The van der Waals surface area contributed by atoms with Gasteiger partial charge in [-0.3, -0.25) is 29.9 Å². The molecule has 0 bridgehead atoms. The summed E-state index contributed by atoms with van der Waals surface area (Å²) < 4.78 is 12.1. The second-order valence-electron chi connectivity index (χ2n) is 32.4. The number of halogens is 4. The molecule has 0 aliphatic carbocycles. The fourth-order valence-electron chi connectivity index (χ4n) is 17.2. The molecule has 0 aliphatic heterocycles. The van der Waals surface area contributed by atoms with Gasteiger partial charge in [-0.1, -0.05) is 238 Å². The summed E-state index contributed by atoms with van der Waals surface area (Å²) in [6.07, 6.45) is 14.7. The first kappa shape index (κ1) is 103. The van der Waals surface area contributed by atoms with Crippen molar-refractivity contribution in [2.45, 2.75) is 41.5 Å². The van der Waals surface area contributed by atoms with Gasteiger partial charge < -0.3 is 9.13 Å². The number of hydrogen-bond acceptors (Lipinski definition) is 10. The van der Waals surface area contributed by atoms with Crippen molar-refractivity contribution in [3.05, 3.63) is 472 Å². The average Bonchev–Trinajstić information content (AvgIpc) is 1.62. The molecule has 0 aliphatic rings. The molecule has 22 rings (SSSR count). The first-order chi connectivity index (χ1) is 69.8. The van der Waals surface area contributed by atoms with Gasteiger partial charge in [0.15, 0.2) is 0 Å². The third-order valence-electron chi connectivity index (χ3n) is 23.4. The third-order valence-corrected chi connectivity index (χ3v) is 23.4. The number of aryl methyl sites for hydroxylation is 5. The van der Waals surface area contributed by atoms with Gasteiger partial charge in [-0.25, -0.2) is 47.0 Å². The second-order valence-corrected chi connectivity index (χ2v) is 32.4. The van der Waals surface area contributed by atoms with Gasteiger partial charge >= 0.3 is 113 Å². The summed E-state index contributed by atoms with van der Waals surface area (Å²) in [5, 5.41) is 19.8. The predicted octanol–water partition coefficient (Wildman–Crippen LogP) is 29.3. The van der Waals surface area contributed by atoms with E-state index in [0.29, 0.717) is 0 Å². The number of para-hydroxylation sites is 4. The summed E-state index contributed by atoms with van der Waals surface area (Å²) in [6, 6.07) is 140. The zero-order valence-electron chi connectivity index (χ0n) is 78.0. The molecule has 142 heavy (non-hydrogen) atoms. The van der Waals surface area contributed by atoms with Crippen LogP contribution in [0.2, 0.25) is 0 Å². The van der Waals surface area contributed by atoms with Crippen LogP contribution in [0.5, 0.6) is 0 Å². The fourth-order valence-corrected chi connectivity index (χ4v) is 17.2. The van der Waals surface area contributed by atoms with Crippen molar-refractivity contribution < 1.29 is 75.1 Å². The molecule has 10 aromatic heterocycles. The van der Waals surface area contributed by atoms with Crippen molar-refractivity contribution in [1.82, 2.24) is 78.2 Å². The Balaban J connectivity index is 0.000000140. The minimum atomic E-state index is 0.851. The summed E-state index contributed by atoms with van der Waals surface area (Å²) in [4.78, 5) is 27.5. The molecule has 24 heteroatoms. The van der Waals surface area contributed by atoms with Gasteiger partial charge in [-0.15, -0.1) is 66.7 Å². The van der Waals surface area contributed by atoms with Crippen molar-refractivity contribution in [3.63, 3.8) is 0 Å². The SMILES string of the molecule is Cc1nn(-c2ccccc2)c(C)c1-c1cc(-c2[c-]cccc2)[c-]c(-c2[c-]cccc2)c1.Cc1nn(-c2ccccc2)c(C)c1-c1cc(-c2ccccn2)[c-]c(-c2ccccn2)c1.Cc1nn(-c2ccccc2)c(C)c1-c1cc(-c2nccn2C)[c-]c(-c2nccn2C)c1.[Cl][Pt+].[Cl][Pt+].[Cl][Pt+].[Cl][Pt].[c-]1c(-c2ccccn2)cc(-c2c(-c3ccccc3)nn(-c3ccccc3)c2-c2ccccc2)cc1-c1ccccn1. The molecule has 0 atom stereocenters. The van der Waals surface area contributed by atoms with E-state index in [0.717, 1.165) is 214 Å². The zero-order chi connectivity index (χ0) is 99.4. The second kappa shape index (κ2) is 50.7. The van der Waals surface area contributed by atoms with Gasteiger partial charge in [-0.2, -0.15) is 81.1 Å². The summed E-state index contributed by atoms with van der Waals surface area (Å²) in [5.41, 5.74) is 36.2. The summed E-state index contributed by atoms with van der Waals surface area (Å²) in [7, 11) is 22.4. The van der Waals surface area contributed by atoms with Crippen molar-refractivity contribution in [1.29, 1.82) is 0 Å². The van der Waals surface area contributed by atoms with Crippen LogP contribution in [0.15, 0.2) is 401 Å². The van der Waals surface area contributed by atoms with E-state index in [1.54, 1.807) is 99.9 Å². The molecule has 0 fully saturated rings. The van der Waals surface area contributed by atoms with Gasteiger partial charge in [0.1, 0.15) is 0 Å². The Morgan fingerprint density at radius 3 is 0.810 bits per heavy atom. The summed E-state index contributed by atoms with van der Waals surface area (Å²) >= 11 is 6.44. The minimum Gasteiger partial charge on any atom is -0.295 e. The van der Waals surface area contributed by atoms with Crippen LogP contribution in [-0.4, -0.2) is 78.2 Å². The van der Waals surface area contributed by atoms with Crippen LogP contribution < -0.4 is 0 Å². The molecular formula is C118H90Cl4N16Pt4-3. The zero-order valence-corrected chi connectivity index (χ0v) is 90.1. The van der Waals surface area contributed by atoms with E-state index in [1.165, 1.54) is 0 Å². The quantitative estimate of drug-likeness (QED) is 0.0757. The van der Waals surface area contributed by atoms with Crippen LogP contribution >= 0.6 is 37.7 Å². The number of pyridine rings is 4. The topological polar surface area (TPSA) is 158 Å². The Bertz CT molecular complexity index is 7360. The molecule has 22 aromatic rings. The predicted molar refractivity (Wildman–Crippen MR) is 560 cm³/mol. The molecule has 0 spiro atoms. The number of nitrogens with zero attached hydrogens (tertiary/aromatic N) is 16. The van der Waals surface area contributed by atoms with E-state index in [2.05, 4.69) is 308 Å². The van der Waals surface area contributed by atoms with Gasteiger partial charge in [0.05, 0.1) is 62.9 Å². The van der Waals surface area contributed by atoms with Crippen LogP contribution in [0, 0.1) is 77.9 Å². The van der Waals surface area contributed by atoms with E-state index in [4.69, 9.17) is 20.4 Å². The first-order valence-corrected chi connectivity index (χ1v) is 56.0. The molecule has 0 unspecified atom stereocenters. The van der Waals surface area contributed by atoms with Gasteiger partial charge in [0.25, 0.3) is 0 Å². The maximum Gasteiger partial charge on any atom is 0.0999 e. The van der Waals surface area contributed by atoms with E-state index in [9.17, 15) is 0 Å². The molecule has 713 valence electrons. The summed E-state index contributed by atoms with van der Waals surface area (Å²) in [5.74, 6) is 1.73. The van der Waals surface area contributed by atoms with Crippen LogP contribution in [0.3, 0.4) is 0 Å². The number of aromatic nitrogens is 16. The molecular weight excluding hydrogens is 2560 g/mol. The number of hydrogen-bond donors (Lipinski definition) is 0. The normalized spacial score (nSPS) is 10.6. The van der Waals surface area contributed by atoms with Crippen LogP contribution in [0.25, 0.3) is 180 Å². The maximum atomic E-state index is 5.28. The van der Waals surface area contributed by atoms with Crippen molar-refractivity contribution in [2.24, 2.45) is 14.1 Å². The van der Waals surface area contributed by atoms with E-state index >= 15 is 0 Å². The first-order valence-electron chi connectivity index (χ1n) is 44.8. The molecule has 0 saturated heterocycles. The van der Waals surface area contributed by atoms with E-state index in [1.807, 2.05) is 256 Å². The fraction of sp³-hybridized carbons (Fsp3) is 0.0678. The molecule has 10 heterocycles. The Morgan fingerprint density at radius 2 is 0.514 bits per heavy atom. The molecule has 0 amide bonds. The van der Waals surface area contributed by atoms with Crippen molar-refractivity contribution in [2.75, 3.05) is 0 Å². The Labute approximate surface area is 889 Å². The van der Waals surface area contributed by atoms with E-state index in [-0.39, 0.29) is 0 Å². The molecule has 16 nitrogen and oxygen atoms in total. The number of benzene rings is 12. The van der Waals surface area contributed by atoms with Crippen LogP contribution in [0.4, 0.5) is 0 Å². The molecule has 12 aromatic carbocycles. The Kier molecular flexibility index (Phi) is 36.7. The van der Waals surface area contributed by atoms with Gasteiger partial charge in [0.2, 0.25) is 0 Å². The Morgan fingerprint density at radius 1 is 0.246 bits per heavy atom. The number of rotatable bonds is 18. The van der Waals surface area contributed by atoms with Crippen LogP contribution in [-0.2, 0) is 89.2 Å². The Hall–Kier alpha value is -13.6. The standard InChI is InChI=1S/C37H25N4.C29H21N2.C27H21N4.C25H23N6.4ClH.4Pt/c1-4-14-27(15-5-1)36-35(37(28-16-6-2-7-17-28)41(40-36)32-18-8-3-9-19-32)31-25-29(33-20-10-12-22-38-33)24-30(26-31)34-21-11-13-23-39-34;1-21-29(22(2)31(30-21)28-16-10-5-11-17-28)27-19-25(23-12-6-3-7-13-23)18-26(20-27)24-14-8-4-9-15-24;1-19-27(20(2)31(30-19)24-10-4-3-5-11-24)23-17-21(25-12-6-8-14-28-25)16-22(18-23)26-13-7-9-15-29-26;1-17-23(18(2)31(28-17)22-8-6-5-7-9-22)19-14-20(24-26-10-12-29(24)3)16-21(15-19)25-27-11-13-30(25)4;;;;;;;;/h1-23,25-26H;3-12,14,16-17,19-20H,1-2H3;3-15,17-18H,1-2H3;5-15H,1-4H3;4*1H;;;;/q-1;-3;2*-1;;;;;+1;3*+2/p-4. The maximum absolute atomic E-state index is 5.28. The molecule has 0 radical (unpaired) electrons. The number of imidazole rings is 2. The van der Waals surface area contributed by atoms with Gasteiger partial charge in [0, 0.05) is 137 Å². The largest absolute Gasteiger partial charge is 0.295 e. The summed E-state index contributed by atoms with van der Waals surface area (Å²) in [6.45, 7) is 12.5. The monoisotopic (exact) mass is 2650 g/mol. The average molecular weight is 2650 g/mol.